The molecule has 134 valence electrons. The quantitative estimate of drug-likeness (QED) is 0.577. The zero-order chi connectivity index (χ0) is 18.0. The van der Waals surface area contributed by atoms with Crippen LogP contribution < -0.4 is 14.4 Å². The Kier molecular flexibility index (Phi) is 5.54. The number of rotatable bonds is 5. The van der Waals surface area contributed by atoms with Gasteiger partial charge in [-0.3, -0.25) is 9.69 Å². The summed E-state index contributed by atoms with van der Waals surface area (Å²) in [5, 5.41) is 0. The molecule has 1 aromatic carbocycles. The number of benzene rings is 1. The number of carbonyl (C=O) groups is 1. The molecule has 0 N–H and O–H groups in total. The van der Waals surface area contributed by atoms with Crippen molar-refractivity contribution in [3.63, 3.8) is 0 Å². The van der Waals surface area contributed by atoms with Crippen LogP contribution in [0.3, 0.4) is 0 Å². The van der Waals surface area contributed by atoms with Crippen molar-refractivity contribution in [2.24, 2.45) is 0 Å². The maximum absolute atomic E-state index is 12.5. The molecular formula is C18H22N2O3S2. The molecule has 0 aromatic heterocycles. The van der Waals surface area contributed by atoms with Crippen LogP contribution in [0.4, 0.5) is 5.69 Å². The van der Waals surface area contributed by atoms with Gasteiger partial charge in [-0.15, -0.1) is 0 Å². The van der Waals surface area contributed by atoms with Gasteiger partial charge in [-0.25, -0.2) is 0 Å². The summed E-state index contributed by atoms with van der Waals surface area (Å²) in [6.07, 6.45) is 4.21. The number of hydrogen-bond acceptors (Lipinski definition) is 6. The fourth-order valence-corrected chi connectivity index (χ4v) is 4.51. The first-order valence-corrected chi connectivity index (χ1v) is 9.57. The molecule has 2 saturated heterocycles. The summed E-state index contributed by atoms with van der Waals surface area (Å²) < 4.78 is 11.8. The third-order valence-electron chi connectivity index (χ3n) is 4.45. The van der Waals surface area contributed by atoms with Gasteiger partial charge in [0.25, 0.3) is 5.91 Å². The molecule has 2 heterocycles. The van der Waals surface area contributed by atoms with Crippen LogP contribution in [0.15, 0.2) is 17.0 Å². The summed E-state index contributed by atoms with van der Waals surface area (Å²) in [6, 6.07) is 3.93. The number of thiocarbonyl (C=S) groups is 1. The highest BCUT2D eigenvalue weighted by atomic mass is 32.2. The standard InChI is InChI=1S/C18H22N2O3S2/c1-4-20-17(21)16(25-18(20)24)10-12-9-15(23-3)13(11-14(12)22-2)19-7-5-6-8-19/h9-11H,4-8H2,1-3H3/b16-10-. The molecular weight excluding hydrogens is 356 g/mol. The van der Waals surface area contributed by atoms with Crippen molar-refractivity contribution in [3.8, 4) is 11.5 Å². The Balaban J connectivity index is 2.00. The van der Waals surface area contributed by atoms with Crippen LogP contribution in [-0.4, -0.2) is 49.0 Å². The van der Waals surface area contributed by atoms with Crippen LogP contribution >= 0.6 is 24.0 Å². The molecule has 2 aliphatic heterocycles. The molecule has 25 heavy (non-hydrogen) atoms. The summed E-state index contributed by atoms with van der Waals surface area (Å²) in [5.74, 6) is 1.46. The molecule has 0 bridgehead atoms. The van der Waals surface area contributed by atoms with E-state index in [9.17, 15) is 4.79 Å². The molecule has 7 heteroatoms. The monoisotopic (exact) mass is 378 g/mol. The lowest BCUT2D eigenvalue weighted by atomic mass is 10.1. The largest absolute Gasteiger partial charge is 0.496 e. The number of amides is 1. The maximum atomic E-state index is 12.5. The minimum absolute atomic E-state index is 0.0536. The second-order valence-electron chi connectivity index (χ2n) is 5.89. The van der Waals surface area contributed by atoms with Gasteiger partial charge in [0, 0.05) is 31.3 Å². The molecule has 2 aliphatic rings. The Bertz CT molecular complexity index is 727. The first-order valence-electron chi connectivity index (χ1n) is 8.35. The topological polar surface area (TPSA) is 42.0 Å². The van der Waals surface area contributed by atoms with E-state index < -0.39 is 0 Å². The molecule has 2 fully saturated rings. The number of methoxy groups -OCH3 is 2. The van der Waals surface area contributed by atoms with Crippen molar-refractivity contribution < 1.29 is 14.3 Å². The van der Waals surface area contributed by atoms with Gasteiger partial charge < -0.3 is 14.4 Å². The smallest absolute Gasteiger partial charge is 0.266 e. The number of anilines is 1. The van der Waals surface area contributed by atoms with Gasteiger partial charge >= 0.3 is 0 Å². The van der Waals surface area contributed by atoms with Gasteiger partial charge in [0.1, 0.15) is 15.8 Å². The van der Waals surface area contributed by atoms with E-state index in [-0.39, 0.29) is 5.91 Å². The first-order chi connectivity index (χ1) is 12.1. The molecule has 0 unspecified atom stereocenters. The number of thioether (sulfide) groups is 1. The van der Waals surface area contributed by atoms with Crippen molar-refractivity contribution >= 4 is 46.0 Å². The van der Waals surface area contributed by atoms with Gasteiger partial charge in [0.2, 0.25) is 0 Å². The van der Waals surface area contributed by atoms with E-state index in [0.29, 0.717) is 15.8 Å². The van der Waals surface area contributed by atoms with Crippen LogP contribution in [0.1, 0.15) is 25.3 Å². The lowest BCUT2D eigenvalue weighted by Gasteiger charge is -2.22. The van der Waals surface area contributed by atoms with E-state index in [1.54, 1.807) is 19.1 Å². The van der Waals surface area contributed by atoms with E-state index in [1.165, 1.54) is 24.6 Å². The molecule has 0 saturated carbocycles. The third kappa shape index (κ3) is 3.48. The van der Waals surface area contributed by atoms with Crippen LogP contribution in [0.2, 0.25) is 0 Å². The number of nitrogens with zero attached hydrogens (tertiary/aromatic N) is 2. The minimum atomic E-state index is -0.0536. The van der Waals surface area contributed by atoms with Crippen LogP contribution in [-0.2, 0) is 4.79 Å². The third-order valence-corrected chi connectivity index (χ3v) is 5.83. The van der Waals surface area contributed by atoms with E-state index in [4.69, 9.17) is 21.7 Å². The molecule has 0 radical (unpaired) electrons. The van der Waals surface area contributed by atoms with Crippen LogP contribution in [0.25, 0.3) is 6.08 Å². The second-order valence-corrected chi connectivity index (χ2v) is 7.56. The highest BCUT2D eigenvalue weighted by molar-refractivity contribution is 8.26. The molecule has 1 aromatic rings. The van der Waals surface area contributed by atoms with Crippen molar-refractivity contribution in [2.75, 3.05) is 38.8 Å². The summed E-state index contributed by atoms with van der Waals surface area (Å²) >= 11 is 6.60. The van der Waals surface area contributed by atoms with Gasteiger partial charge in [-0.05, 0) is 31.9 Å². The van der Waals surface area contributed by atoms with Gasteiger partial charge in [0.05, 0.1) is 24.8 Å². The number of hydrogen-bond donors (Lipinski definition) is 0. The highest BCUT2D eigenvalue weighted by Gasteiger charge is 2.31. The molecule has 5 nitrogen and oxygen atoms in total. The Morgan fingerprint density at radius 3 is 2.44 bits per heavy atom. The summed E-state index contributed by atoms with van der Waals surface area (Å²) in [4.78, 5) is 17.0. The molecule has 0 atom stereocenters. The Labute approximate surface area is 157 Å². The summed E-state index contributed by atoms with van der Waals surface area (Å²) in [7, 11) is 3.31. The average Bonchev–Trinajstić information content (AvgIpc) is 3.23. The average molecular weight is 379 g/mol. The predicted octanol–water partition coefficient (Wildman–Crippen LogP) is 3.53. The van der Waals surface area contributed by atoms with E-state index in [0.717, 1.165) is 35.8 Å². The SMILES string of the molecule is CCN1C(=O)/C(=C/c2cc(OC)c(N3CCCC3)cc2OC)SC1=S. The van der Waals surface area contributed by atoms with Gasteiger partial charge in [-0.1, -0.05) is 24.0 Å². The number of ether oxygens (including phenoxy) is 2. The van der Waals surface area contributed by atoms with Gasteiger partial charge in [0.15, 0.2) is 0 Å². The molecule has 0 aliphatic carbocycles. The minimum Gasteiger partial charge on any atom is -0.496 e. The Morgan fingerprint density at radius 2 is 1.88 bits per heavy atom. The second kappa shape index (κ2) is 7.66. The van der Waals surface area contributed by atoms with Crippen molar-refractivity contribution in [1.82, 2.24) is 4.90 Å². The van der Waals surface area contributed by atoms with Crippen LogP contribution in [0.5, 0.6) is 11.5 Å². The summed E-state index contributed by atoms with van der Waals surface area (Å²) in [6.45, 7) is 4.54. The fourth-order valence-electron chi connectivity index (χ4n) is 3.14. The predicted molar refractivity (Wildman–Crippen MR) is 107 cm³/mol. The van der Waals surface area contributed by atoms with E-state index in [2.05, 4.69) is 4.90 Å². The van der Waals surface area contributed by atoms with Crippen molar-refractivity contribution in [3.05, 3.63) is 22.6 Å². The lowest BCUT2D eigenvalue weighted by Crippen LogP contribution is -2.27. The van der Waals surface area contributed by atoms with Crippen LogP contribution in [0, 0.1) is 0 Å². The van der Waals surface area contributed by atoms with Gasteiger partial charge in [-0.2, -0.15) is 0 Å². The van der Waals surface area contributed by atoms with E-state index >= 15 is 0 Å². The first kappa shape index (κ1) is 18.1. The number of carbonyl (C=O) groups excluding carboxylic acids is 1. The zero-order valence-corrected chi connectivity index (χ0v) is 16.3. The normalized spacial score (nSPS) is 19.2. The van der Waals surface area contributed by atoms with E-state index in [1.807, 2.05) is 25.1 Å². The lowest BCUT2D eigenvalue weighted by molar-refractivity contribution is -0.121. The molecule has 0 spiro atoms. The Morgan fingerprint density at radius 1 is 1.20 bits per heavy atom. The zero-order valence-electron chi connectivity index (χ0n) is 14.7. The van der Waals surface area contributed by atoms with Crippen molar-refractivity contribution in [2.45, 2.75) is 19.8 Å². The highest BCUT2D eigenvalue weighted by Crippen LogP contribution is 2.40. The molecule has 1 amide bonds. The fraction of sp³-hybridized carbons (Fsp3) is 0.444. The van der Waals surface area contributed by atoms with Crippen molar-refractivity contribution in [1.29, 1.82) is 0 Å². The number of likely N-dealkylation sites (N-methyl/N-ethyl adjacent to an activating group) is 1. The maximum Gasteiger partial charge on any atom is 0.266 e. The summed E-state index contributed by atoms with van der Waals surface area (Å²) in [5.41, 5.74) is 1.86. The Hall–Kier alpha value is -1.73. The molecule has 3 rings (SSSR count).